The highest BCUT2D eigenvalue weighted by Gasteiger charge is 2.33. The number of anilines is 1. The van der Waals surface area contributed by atoms with E-state index < -0.39 is 0 Å². The molecule has 0 saturated carbocycles. The van der Waals surface area contributed by atoms with E-state index in [-0.39, 0.29) is 18.6 Å². The van der Waals surface area contributed by atoms with E-state index in [1.165, 1.54) is 0 Å². The number of nitrogens with one attached hydrogen (secondary N) is 2. The predicted molar refractivity (Wildman–Crippen MR) is 134 cm³/mol. The van der Waals surface area contributed by atoms with Gasteiger partial charge in [-0.3, -0.25) is 4.79 Å². The van der Waals surface area contributed by atoms with Crippen molar-refractivity contribution in [3.05, 3.63) is 83.0 Å². The molecule has 0 bridgehead atoms. The molecule has 3 N–H and O–H groups in total. The van der Waals surface area contributed by atoms with Crippen molar-refractivity contribution >= 4 is 17.2 Å². The largest absolute Gasteiger partial charge is 0.396 e. The minimum absolute atomic E-state index is 0.0400. The summed E-state index contributed by atoms with van der Waals surface area (Å²) in [5.41, 5.74) is 10.1. The SMILES string of the molecule is C=CC1=C(C=C)c2c(cc(-c3cc(COC(C)C)ccc3NCCCO)c3c2C(=O)NC3)C1. The number of hydrogen-bond acceptors (Lipinski definition) is 4. The first-order valence-electron chi connectivity index (χ1n) is 11.5. The first kappa shape index (κ1) is 23.0. The molecule has 5 heteroatoms. The molecule has 4 rings (SSSR count). The molecule has 0 radical (unpaired) electrons. The number of hydrogen-bond donors (Lipinski definition) is 3. The van der Waals surface area contributed by atoms with E-state index >= 15 is 0 Å². The molecule has 2 aliphatic rings. The lowest BCUT2D eigenvalue weighted by Crippen LogP contribution is -2.13. The Balaban J connectivity index is 1.87. The molecule has 0 aromatic heterocycles. The van der Waals surface area contributed by atoms with Crippen LogP contribution in [-0.4, -0.2) is 30.3 Å². The van der Waals surface area contributed by atoms with Crippen molar-refractivity contribution in [1.29, 1.82) is 0 Å². The van der Waals surface area contributed by atoms with Crippen LogP contribution >= 0.6 is 0 Å². The van der Waals surface area contributed by atoms with Gasteiger partial charge >= 0.3 is 0 Å². The average Bonchev–Trinajstić information content (AvgIpc) is 3.37. The molecular weight excluding hydrogens is 412 g/mol. The lowest BCUT2D eigenvalue weighted by atomic mass is 9.87. The molecule has 1 heterocycles. The first-order chi connectivity index (χ1) is 16.0. The molecule has 0 fully saturated rings. The maximum absolute atomic E-state index is 12.9. The fourth-order valence-electron chi connectivity index (χ4n) is 4.66. The normalized spacial score (nSPS) is 14.4. The van der Waals surface area contributed by atoms with Gasteiger partial charge in [-0.05, 0) is 83.9 Å². The van der Waals surface area contributed by atoms with Crippen molar-refractivity contribution in [2.24, 2.45) is 0 Å². The van der Waals surface area contributed by atoms with Crippen LogP contribution in [0.3, 0.4) is 0 Å². The predicted octanol–water partition coefficient (Wildman–Crippen LogP) is 5.00. The molecule has 33 heavy (non-hydrogen) atoms. The van der Waals surface area contributed by atoms with Crippen LogP contribution in [0.1, 0.15) is 52.9 Å². The number of allylic oxidation sites excluding steroid dienone is 4. The maximum Gasteiger partial charge on any atom is 0.252 e. The summed E-state index contributed by atoms with van der Waals surface area (Å²) in [6, 6.07) is 8.50. The fraction of sp³-hybridized carbons (Fsp3) is 0.321. The number of rotatable bonds is 10. The highest BCUT2D eigenvalue weighted by molar-refractivity contribution is 6.08. The van der Waals surface area contributed by atoms with Gasteiger partial charge < -0.3 is 20.5 Å². The zero-order valence-electron chi connectivity index (χ0n) is 19.5. The molecule has 1 aliphatic carbocycles. The van der Waals surface area contributed by atoms with E-state index in [1.54, 1.807) is 0 Å². The van der Waals surface area contributed by atoms with Gasteiger partial charge in [-0.25, -0.2) is 0 Å². The van der Waals surface area contributed by atoms with Crippen molar-refractivity contribution < 1.29 is 14.6 Å². The summed E-state index contributed by atoms with van der Waals surface area (Å²) < 4.78 is 5.85. The zero-order chi connectivity index (χ0) is 23.5. The second-order valence-electron chi connectivity index (χ2n) is 8.76. The van der Waals surface area contributed by atoms with Crippen LogP contribution in [0.2, 0.25) is 0 Å². The number of carbonyl (C=O) groups is 1. The summed E-state index contributed by atoms with van der Waals surface area (Å²) in [7, 11) is 0. The molecule has 5 nitrogen and oxygen atoms in total. The Morgan fingerprint density at radius 1 is 1.18 bits per heavy atom. The van der Waals surface area contributed by atoms with Crippen LogP contribution in [0.25, 0.3) is 16.7 Å². The van der Waals surface area contributed by atoms with Gasteiger partial charge in [0.1, 0.15) is 0 Å². The summed E-state index contributed by atoms with van der Waals surface area (Å²) in [5.74, 6) is -0.0400. The Morgan fingerprint density at radius 2 is 2.00 bits per heavy atom. The van der Waals surface area contributed by atoms with Crippen molar-refractivity contribution in [1.82, 2.24) is 5.32 Å². The number of aliphatic hydroxyl groups is 1. The van der Waals surface area contributed by atoms with Crippen LogP contribution < -0.4 is 10.6 Å². The second kappa shape index (κ2) is 9.77. The molecule has 0 saturated heterocycles. The van der Waals surface area contributed by atoms with Crippen molar-refractivity contribution in [2.45, 2.75) is 45.9 Å². The molecule has 0 atom stereocenters. The minimum Gasteiger partial charge on any atom is -0.396 e. The smallest absolute Gasteiger partial charge is 0.252 e. The lowest BCUT2D eigenvalue weighted by molar-refractivity contribution is 0.0657. The van der Waals surface area contributed by atoms with E-state index in [9.17, 15) is 9.90 Å². The van der Waals surface area contributed by atoms with Gasteiger partial charge in [0.25, 0.3) is 5.91 Å². The fourth-order valence-corrected chi connectivity index (χ4v) is 4.66. The van der Waals surface area contributed by atoms with Gasteiger partial charge in [0, 0.05) is 30.9 Å². The van der Waals surface area contributed by atoms with E-state index in [0.717, 1.165) is 62.2 Å². The summed E-state index contributed by atoms with van der Waals surface area (Å²) in [5, 5.41) is 15.7. The Morgan fingerprint density at radius 3 is 2.70 bits per heavy atom. The van der Waals surface area contributed by atoms with Crippen LogP contribution in [0.5, 0.6) is 0 Å². The van der Waals surface area contributed by atoms with Gasteiger partial charge in [-0.1, -0.05) is 31.4 Å². The third-order valence-electron chi connectivity index (χ3n) is 6.22. The van der Waals surface area contributed by atoms with Crippen molar-refractivity contribution in [3.8, 4) is 11.1 Å². The van der Waals surface area contributed by atoms with Gasteiger partial charge in [0.15, 0.2) is 0 Å². The molecule has 172 valence electrons. The van der Waals surface area contributed by atoms with Crippen LogP contribution in [0, 0.1) is 0 Å². The molecule has 1 amide bonds. The second-order valence-corrected chi connectivity index (χ2v) is 8.76. The highest BCUT2D eigenvalue weighted by Crippen LogP contribution is 2.44. The van der Waals surface area contributed by atoms with Gasteiger partial charge in [-0.2, -0.15) is 0 Å². The molecule has 0 spiro atoms. The number of ether oxygens (including phenoxy) is 1. The quantitative estimate of drug-likeness (QED) is 0.451. The van der Waals surface area contributed by atoms with Crippen molar-refractivity contribution in [3.63, 3.8) is 0 Å². The third-order valence-corrected chi connectivity index (χ3v) is 6.22. The summed E-state index contributed by atoms with van der Waals surface area (Å²) in [4.78, 5) is 12.9. The van der Waals surface area contributed by atoms with E-state index in [1.807, 2.05) is 26.0 Å². The number of fused-ring (bicyclic) bond motifs is 3. The Kier molecular flexibility index (Phi) is 6.82. The summed E-state index contributed by atoms with van der Waals surface area (Å²) >= 11 is 0. The maximum atomic E-state index is 12.9. The zero-order valence-corrected chi connectivity index (χ0v) is 19.5. The summed E-state index contributed by atoms with van der Waals surface area (Å²) in [6.45, 7) is 13.8. The number of benzene rings is 2. The topological polar surface area (TPSA) is 70.6 Å². The van der Waals surface area contributed by atoms with Crippen molar-refractivity contribution in [2.75, 3.05) is 18.5 Å². The number of carbonyl (C=O) groups excluding carboxylic acids is 1. The van der Waals surface area contributed by atoms with E-state index in [0.29, 0.717) is 26.1 Å². The Labute approximate surface area is 195 Å². The van der Waals surface area contributed by atoms with Crippen LogP contribution in [0.15, 0.2) is 55.1 Å². The van der Waals surface area contributed by atoms with Gasteiger partial charge in [0.2, 0.25) is 0 Å². The Hall–Kier alpha value is -3.15. The number of aliphatic hydroxyl groups excluding tert-OH is 1. The van der Waals surface area contributed by atoms with Crippen LogP contribution in [0.4, 0.5) is 5.69 Å². The lowest BCUT2D eigenvalue weighted by Gasteiger charge is -2.19. The first-order valence-corrected chi connectivity index (χ1v) is 11.5. The summed E-state index contributed by atoms with van der Waals surface area (Å²) in [6.07, 6.45) is 5.23. The van der Waals surface area contributed by atoms with Gasteiger partial charge in [-0.15, -0.1) is 0 Å². The monoisotopic (exact) mass is 444 g/mol. The Bertz CT molecular complexity index is 1140. The van der Waals surface area contributed by atoms with Gasteiger partial charge in [0.05, 0.1) is 18.3 Å². The molecule has 1 aliphatic heterocycles. The van der Waals surface area contributed by atoms with E-state index in [2.05, 4.69) is 48.1 Å². The standard InChI is InChI=1S/C28H32N2O3/c1-5-19-13-20-14-22(24-15-30-28(32)27(24)26(20)21(19)6-2)23-12-18(16-33-17(3)4)8-9-25(23)29-10-7-11-31/h5-6,8-9,12,14,17,29,31H,1-2,7,10-11,13,15-16H2,3-4H3,(H,30,32). The van der Waals surface area contributed by atoms with E-state index in [4.69, 9.17) is 4.74 Å². The molecule has 0 unspecified atom stereocenters. The average molecular weight is 445 g/mol. The minimum atomic E-state index is -0.0400. The molecule has 2 aromatic rings. The molecule has 2 aromatic carbocycles. The highest BCUT2D eigenvalue weighted by atomic mass is 16.5. The number of amides is 1. The van der Waals surface area contributed by atoms with Crippen LogP contribution in [-0.2, 0) is 24.3 Å². The third kappa shape index (κ3) is 4.39. The molecular formula is C28H32N2O3.